The molecule has 4 heteroatoms. The summed E-state index contributed by atoms with van der Waals surface area (Å²) in [6, 6.07) is 12.9. The Labute approximate surface area is 120 Å². The van der Waals surface area contributed by atoms with Gasteiger partial charge in [-0.1, -0.05) is 23.8 Å². The molecule has 0 radical (unpaired) electrons. The second kappa shape index (κ2) is 4.98. The van der Waals surface area contributed by atoms with Gasteiger partial charge in [0.1, 0.15) is 5.01 Å². The lowest BCUT2D eigenvalue weighted by Gasteiger charge is -2.00. The van der Waals surface area contributed by atoms with Crippen LogP contribution >= 0.6 is 11.3 Å². The zero-order chi connectivity index (χ0) is 14.1. The Morgan fingerprint density at radius 2 is 1.80 bits per heavy atom. The summed E-state index contributed by atoms with van der Waals surface area (Å²) in [6.07, 6.45) is 0. The fraction of sp³-hybridized carbons (Fsp3) is 0.0625. The van der Waals surface area contributed by atoms with Crippen LogP contribution in [0.2, 0.25) is 0 Å². The molecule has 0 aliphatic rings. The summed E-state index contributed by atoms with van der Waals surface area (Å²) in [5.41, 5.74) is 3.86. The maximum Gasteiger partial charge on any atom is 0.158 e. The Bertz CT molecular complexity index is 765. The number of aromatic nitrogens is 1. The monoisotopic (exact) mass is 283 g/mol. The molecule has 0 spiro atoms. The van der Waals surface area contributed by atoms with Gasteiger partial charge in [0.15, 0.2) is 11.5 Å². The van der Waals surface area contributed by atoms with Crippen LogP contribution in [-0.2, 0) is 0 Å². The van der Waals surface area contributed by atoms with E-state index < -0.39 is 0 Å². The molecule has 1 aromatic heterocycles. The molecule has 0 saturated heterocycles. The van der Waals surface area contributed by atoms with Crippen molar-refractivity contribution in [3.8, 4) is 33.3 Å². The zero-order valence-electron chi connectivity index (χ0n) is 10.9. The van der Waals surface area contributed by atoms with Gasteiger partial charge in [-0.3, -0.25) is 0 Å². The summed E-state index contributed by atoms with van der Waals surface area (Å²) in [5.74, 6) is -0.254. The summed E-state index contributed by atoms with van der Waals surface area (Å²) in [5, 5.41) is 21.8. The standard InChI is InChI=1S/C16H13NO2S/c1-10-3-2-4-12(7-10)16-17-13(9-20-16)11-5-6-14(18)15(19)8-11/h2-9,18-19H,1H3. The van der Waals surface area contributed by atoms with E-state index in [2.05, 4.69) is 24.0 Å². The Balaban J connectivity index is 1.99. The highest BCUT2D eigenvalue weighted by Gasteiger charge is 2.08. The zero-order valence-corrected chi connectivity index (χ0v) is 11.7. The lowest BCUT2D eigenvalue weighted by Crippen LogP contribution is -1.81. The van der Waals surface area contributed by atoms with E-state index in [9.17, 15) is 10.2 Å². The van der Waals surface area contributed by atoms with Crippen LogP contribution in [0, 0.1) is 6.92 Å². The molecular weight excluding hydrogens is 270 g/mol. The van der Waals surface area contributed by atoms with Gasteiger partial charge in [-0.15, -0.1) is 11.3 Å². The highest BCUT2D eigenvalue weighted by atomic mass is 32.1. The van der Waals surface area contributed by atoms with Crippen LogP contribution < -0.4 is 0 Å². The van der Waals surface area contributed by atoms with E-state index >= 15 is 0 Å². The molecule has 0 unspecified atom stereocenters. The van der Waals surface area contributed by atoms with Crippen LogP contribution in [0.1, 0.15) is 5.56 Å². The Morgan fingerprint density at radius 3 is 2.55 bits per heavy atom. The summed E-state index contributed by atoms with van der Waals surface area (Å²) >= 11 is 1.56. The number of phenolic OH excluding ortho intramolecular Hbond substituents is 2. The molecule has 3 aromatic rings. The molecule has 3 rings (SSSR count). The van der Waals surface area contributed by atoms with E-state index in [1.165, 1.54) is 17.7 Å². The van der Waals surface area contributed by atoms with Crippen LogP contribution in [0.3, 0.4) is 0 Å². The van der Waals surface area contributed by atoms with Crippen LogP contribution in [-0.4, -0.2) is 15.2 Å². The maximum atomic E-state index is 9.55. The average Bonchev–Trinajstić information content (AvgIpc) is 2.92. The fourth-order valence-electron chi connectivity index (χ4n) is 2.00. The van der Waals surface area contributed by atoms with Crippen molar-refractivity contribution >= 4 is 11.3 Å². The molecule has 0 saturated carbocycles. The molecule has 2 aromatic carbocycles. The summed E-state index contributed by atoms with van der Waals surface area (Å²) < 4.78 is 0. The minimum Gasteiger partial charge on any atom is -0.504 e. The van der Waals surface area contributed by atoms with Gasteiger partial charge in [0, 0.05) is 16.5 Å². The van der Waals surface area contributed by atoms with Gasteiger partial charge >= 0.3 is 0 Å². The Kier molecular flexibility index (Phi) is 3.16. The third kappa shape index (κ3) is 2.38. The molecule has 0 aliphatic heterocycles. The maximum absolute atomic E-state index is 9.55. The van der Waals surface area contributed by atoms with Gasteiger partial charge < -0.3 is 10.2 Å². The van der Waals surface area contributed by atoms with Gasteiger partial charge in [-0.05, 0) is 31.2 Å². The van der Waals surface area contributed by atoms with Crippen LogP contribution in [0.4, 0.5) is 0 Å². The summed E-state index contributed by atoms with van der Waals surface area (Å²) in [7, 11) is 0. The molecule has 0 aliphatic carbocycles. The number of phenols is 2. The summed E-state index contributed by atoms with van der Waals surface area (Å²) in [6.45, 7) is 2.05. The highest BCUT2D eigenvalue weighted by molar-refractivity contribution is 7.13. The summed E-state index contributed by atoms with van der Waals surface area (Å²) in [4.78, 5) is 4.59. The fourth-order valence-corrected chi connectivity index (χ4v) is 2.83. The van der Waals surface area contributed by atoms with E-state index in [4.69, 9.17) is 0 Å². The number of hydrogen-bond acceptors (Lipinski definition) is 4. The Hall–Kier alpha value is -2.33. The predicted octanol–water partition coefficient (Wildman–Crippen LogP) is 4.20. The van der Waals surface area contributed by atoms with Crippen molar-refractivity contribution in [3.05, 3.63) is 53.4 Å². The predicted molar refractivity (Wildman–Crippen MR) is 81.1 cm³/mol. The average molecular weight is 283 g/mol. The van der Waals surface area contributed by atoms with Gasteiger partial charge in [-0.2, -0.15) is 0 Å². The molecule has 20 heavy (non-hydrogen) atoms. The van der Waals surface area contributed by atoms with Crippen molar-refractivity contribution in [1.82, 2.24) is 4.98 Å². The SMILES string of the molecule is Cc1cccc(-c2nc(-c3ccc(O)c(O)c3)cs2)c1. The first kappa shape index (κ1) is 12.7. The first-order valence-electron chi connectivity index (χ1n) is 6.18. The highest BCUT2D eigenvalue weighted by Crippen LogP contribution is 2.33. The van der Waals surface area contributed by atoms with Crippen LogP contribution in [0.15, 0.2) is 47.8 Å². The first-order valence-corrected chi connectivity index (χ1v) is 7.06. The van der Waals surface area contributed by atoms with Crippen molar-refractivity contribution in [3.63, 3.8) is 0 Å². The van der Waals surface area contributed by atoms with Gasteiger partial charge in [0.2, 0.25) is 0 Å². The third-order valence-corrected chi connectivity index (χ3v) is 3.93. The minimum atomic E-state index is -0.132. The lowest BCUT2D eigenvalue weighted by molar-refractivity contribution is 0.404. The molecular formula is C16H13NO2S. The molecule has 2 N–H and O–H groups in total. The van der Waals surface area contributed by atoms with Crippen molar-refractivity contribution in [2.24, 2.45) is 0 Å². The minimum absolute atomic E-state index is 0.122. The topological polar surface area (TPSA) is 53.4 Å². The van der Waals surface area contributed by atoms with Crippen molar-refractivity contribution in [1.29, 1.82) is 0 Å². The van der Waals surface area contributed by atoms with E-state index in [1.807, 2.05) is 17.5 Å². The number of hydrogen-bond donors (Lipinski definition) is 2. The van der Waals surface area contributed by atoms with E-state index in [0.29, 0.717) is 0 Å². The number of aromatic hydroxyl groups is 2. The third-order valence-electron chi connectivity index (χ3n) is 3.04. The number of rotatable bonds is 2. The van der Waals surface area contributed by atoms with Crippen molar-refractivity contribution < 1.29 is 10.2 Å². The quantitative estimate of drug-likeness (QED) is 0.693. The second-order valence-electron chi connectivity index (χ2n) is 4.61. The van der Waals surface area contributed by atoms with E-state index in [1.54, 1.807) is 17.4 Å². The van der Waals surface area contributed by atoms with E-state index in [-0.39, 0.29) is 11.5 Å². The van der Waals surface area contributed by atoms with E-state index in [0.717, 1.165) is 21.8 Å². The van der Waals surface area contributed by atoms with Crippen molar-refractivity contribution in [2.75, 3.05) is 0 Å². The Morgan fingerprint density at radius 1 is 0.950 bits per heavy atom. The molecule has 0 atom stereocenters. The molecule has 0 bridgehead atoms. The number of nitrogens with zero attached hydrogens (tertiary/aromatic N) is 1. The van der Waals surface area contributed by atoms with Crippen LogP contribution in [0.25, 0.3) is 21.8 Å². The van der Waals surface area contributed by atoms with Gasteiger partial charge in [0.25, 0.3) is 0 Å². The molecule has 0 amide bonds. The largest absolute Gasteiger partial charge is 0.504 e. The molecule has 3 nitrogen and oxygen atoms in total. The smallest absolute Gasteiger partial charge is 0.158 e. The van der Waals surface area contributed by atoms with Crippen LogP contribution in [0.5, 0.6) is 11.5 Å². The number of aryl methyl sites for hydroxylation is 1. The normalized spacial score (nSPS) is 10.7. The molecule has 1 heterocycles. The first-order chi connectivity index (χ1) is 9.63. The molecule has 100 valence electrons. The van der Waals surface area contributed by atoms with Crippen molar-refractivity contribution in [2.45, 2.75) is 6.92 Å². The van der Waals surface area contributed by atoms with Gasteiger partial charge in [0.05, 0.1) is 5.69 Å². The number of thiazole rings is 1. The lowest BCUT2D eigenvalue weighted by atomic mass is 10.1. The second-order valence-corrected chi connectivity index (χ2v) is 5.47. The van der Waals surface area contributed by atoms with Gasteiger partial charge in [-0.25, -0.2) is 4.98 Å². The number of benzene rings is 2. The molecule has 0 fully saturated rings.